The molecule has 0 saturated heterocycles. The zero-order chi connectivity index (χ0) is 14.3. The Hall–Kier alpha value is -1.88. The Morgan fingerprint density at radius 2 is 1.89 bits per heavy atom. The van der Waals surface area contributed by atoms with Gasteiger partial charge in [-0.25, -0.2) is 0 Å². The molecule has 5 heteroatoms. The van der Waals surface area contributed by atoms with Gasteiger partial charge in [0.15, 0.2) is 0 Å². The van der Waals surface area contributed by atoms with Crippen LogP contribution >= 0.6 is 0 Å². The standard InChI is InChI=1S/C14H21N3O2/c1-2-3-11(9-15)14(19)17-12-6-4-10(5-7-12)8-13(16)18/h4-7,11H,2-3,8-9,15H2,1H3,(H2,16,18)(H,17,19). The quantitative estimate of drug-likeness (QED) is 0.685. The highest BCUT2D eigenvalue weighted by Crippen LogP contribution is 2.13. The largest absolute Gasteiger partial charge is 0.369 e. The van der Waals surface area contributed by atoms with Crippen molar-refractivity contribution in [3.05, 3.63) is 29.8 Å². The Morgan fingerprint density at radius 3 is 2.37 bits per heavy atom. The molecule has 1 atom stereocenters. The van der Waals surface area contributed by atoms with Crippen LogP contribution in [-0.2, 0) is 16.0 Å². The third-order valence-electron chi connectivity index (χ3n) is 2.89. The number of hydrogen-bond donors (Lipinski definition) is 3. The molecule has 19 heavy (non-hydrogen) atoms. The average molecular weight is 263 g/mol. The molecule has 104 valence electrons. The van der Waals surface area contributed by atoms with Gasteiger partial charge in [-0.05, 0) is 24.1 Å². The van der Waals surface area contributed by atoms with Crippen molar-refractivity contribution in [1.29, 1.82) is 0 Å². The van der Waals surface area contributed by atoms with E-state index in [0.717, 1.165) is 18.4 Å². The van der Waals surface area contributed by atoms with Gasteiger partial charge >= 0.3 is 0 Å². The first-order valence-corrected chi connectivity index (χ1v) is 6.45. The summed E-state index contributed by atoms with van der Waals surface area (Å²) < 4.78 is 0. The van der Waals surface area contributed by atoms with Crippen LogP contribution in [0, 0.1) is 5.92 Å². The summed E-state index contributed by atoms with van der Waals surface area (Å²) in [5, 5.41) is 2.82. The Morgan fingerprint density at radius 1 is 1.26 bits per heavy atom. The van der Waals surface area contributed by atoms with Crippen molar-refractivity contribution in [2.24, 2.45) is 17.4 Å². The number of rotatable bonds is 7. The molecule has 0 fully saturated rings. The van der Waals surface area contributed by atoms with E-state index in [2.05, 4.69) is 5.32 Å². The minimum Gasteiger partial charge on any atom is -0.369 e. The van der Waals surface area contributed by atoms with Crippen LogP contribution < -0.4 is 16.8 Å². The molecule has 2 amide bonds. The molecule has 0 heterocycles. The summed E-state index contributed by atoms with van der Waals surface area (Å²) >= 11 is 0. The SMILES string of the molecule is CCCC(CN)C(=O)Nc1ccc(CC(N)=O)cc1. The van der Waals surface area contributed by atoms with Gasteiger partial charge in [0.1, 0.15) is 0 Å². The summed E-state index contributed by atoms with van der Waals surface area (Å²) in [6, 6.07) is 7.07. The van der Waals surface area contributed by atoms with Crippen molar-refractivity contribution in [2.45, 2.75) is 26.2 Å². The van der Waals surface area contributed by atoms with Crippen molar-refractivity contribution in [3.8, 4) is 0 Å². The van der Waals surface area contributed by atoms with Crippen LogP contribution in [0.3, 0.4) is 0 Å². The molecule has 5 nitrogen and oxygen atoms in total. The number of carbonyl (C=O) groups excluding carboxylic acids is 2. The van der Waals surface area contributed by atoms with Crippen molar-refractivity contribution in [1.82, 2.24) is 0 Å². The van der Waals surface area contributed by atoms with Crippen LogP contribution in [0.15, 0.2) is 24.3 Å². The number of primary amides is 1. The van der Waals surface area contributed by atoms with Crippen molar-refractivity contribution < 1.29 is 9.59 Å². The van der Waals surface area contributed by atoms with Crippen molar-refractivity contribution >= 4 is 17.5 Å². The summed E-state index contributed by atoms with van der Waals surface area (Å²) in [6.45, 7) is 2.37. The highest BCUT2D eigenvalue weighted by atomic mass is 16.2. The number of hydrogen-bond acceptors (Lipinski definition) is 3. The molecule has 0 aliphatic carbocycles. The second kappa shape index (κ2) is 7.53. The van der Waals surface area contributed by atoms with Gasteiger partial charge in [0.25, 0.3) is 0 Å². The summed E-state index contributed by atoms with van der Waals surface area (Å²) in [5.74, 6) is -0.592. The van der Waals surface area contributed by atoms with Gasteiger partial charge < -0.3 is 16.8 Å². The fourth-order valence-corrected chi connectivity index (χ4v) is 1.86. The van der Waals surface area contributed by atoms with Crippen LogP contribution in [0.1, 0.15) is 25.3 Å². The first-order chi connectivity index (χ1) is 9.06. The highest BCUT2D eigenvalue weighted by molar-refractivity contribution is 5.92. The topological polar surface area (TPSA) is 98.2 Å². The molecule has 0 saturated carbocycles. The molecular weight excluding hydrogens is 242 g/mol. The van der Waals surface area contributed by atoms with Gasteiger partial charge in [-0.2, -0.15) is 0 Å². The monoisotopic (exact) mass is 263 g/mol. The number of benzene rings is 1. The molecule has 1 aromatic carbocycles. The van der Waals surface area contributed by atoms with Crippen LogP contribution in [-0.4, -0.2) is 18.4 Å². The second-order valence-electron chi connectivity index (χ2n) is 4.55. The summed E-state index contributed by atoms with van der Waals surface area (Å²) in [5.41, 5.74) is 12.2. The van der Waals surface area contributed by atoms with Crippen molar-refractivity contribution in [3.63, 3.8) is 0 Å². The lowest BCUT2D eigenvalue weighted by atomic mass is 10.0. The van der Waals surface area contributed by atoms with Gasteiger partial charge in [-0.15, -0.1) is 0 Å². The molecule has 0 aliphatic rings. The van der Waals surface area contributed by atoms with E-state index in [1.807, 2.05) is 6.92 Å². The molecule has 5 N–H and O–H groups in total. The lowest BCUT2D eigenvalue weighted by Crippen LogP contribution is -2.29. The third-order valence-corrected chi connectivity index (χ3v) is 2.89. The lowest BCUT2D eigenvalue weighted by Gasteiger charge is -2.14. The normalized spacial score (nSPS) is 11.9. The number of nitrogens with one attached hydrogen (secondary N) is 1. The Balaban J connectivity index is 2.61. The fraction of sp³-hybridized carbons (Fsp3) is 0.429. The number of carbonyl (C=O) groups is 2. The van der Waals surface area contributed by atoms with E-state index in [1.54, 1.807) is 24.3 Å². The van der Waals surface area contributed by atoms with Gasteiger partial charge in [0.2, 0.25) is 11.8 Å². The second-order valence-corrected chi connectivity index (χ2v) is 4.55. The maximum atomic E-state index is 11.9. The Labute approximate surface area is 113 Å². The zero-order valence-electron chi connectivity index (χ0n) is 11.2. The lowest BCUT2D eigenvalue weighted by molar-refractivity contribution is -0.120. The first kappa shape index (κ1) is 15.2. The maximum Gasteiger partial charge on any atom is 0.228 e. The molecule has 1 unspecified atom stereocenters. The molecule has 0 aromatic heterocycles. The Bertz CT molecular complexity index is 429. The minimum atomic E-state index is -0.372. The van der Waals surface area contributed by atoms with Crippen LogP contribution in [0.5, 0.6) is 0 Å². The Kier molecular flexibility index (Phi) is 6.02. The van der Waals surface area contributed by atoms with Crippen LogP contribution in [0.2, 0.25) is 0 Å². The highest BCUT2D eigenvalue weighted by Gasteiger charge is 2.15. The van der Waals surface area contributed by atoms with Crippen molar-refractivity contribution in [2.75, 3.05) is 11.9 Å². The van der Waals surface area contributed by atoms with Gasteiger partial charge in [0.05, 0.1) is 12.3 Å². The molecule has 0 aliphatic heterocycles. The predicted molar refractivity (Wildman–Crippen MR) is 75.4 cm³/mol. The molecule has 1 rings (SSSR count). The van der Waals surface area contributed by atoms with Gasteiger partial charge in [0, 0.05) is 12.2 Å². The van der Waals surface area contributed by atoms with E-state index in [9.17, 15) is 9.59 Å². The first-order valence-electron chi connectivity index (χ1n) is 6.45. The van der Waals surface area contributed by atoms with E-state index in [4.69, 9.17) is 11.5 Å². The van der Waals surface area contributed by atoms with Gasteiger partial charge in [-0.1, -0.05) is 25.5 Å². The summed E-state index contributed by atoms with van der Waals surface area (Å²) in [7, 11) is 0. The predicted octanol–water partition coefficient (Wildman–Crippen LogP) is 1.03. The molecule has 0 bridgehead atoms. The van der Waals surface area contributed by atoms with E-state index in [1.165, 1.54) is 0 Å². The maximum absolute atomic E-state index is 11.9. The zero-order valence-corrected chi connectivity index (χ0v) is 11.2. The van der Waals surface area contributed by atoms with E-state index in [-0.39, 0.29) is 24.2 Å². The number of anilines is 1. The average Bonchev–Trinajstić information content (AvgIpc) is 2.37. The van der Waals surface area contributed by atoms with Crippen LogP contribution in [0.4, 0.5) is 5.69 Å². The smallest absolute Gasteiger partial charge is 0.228 e. The van der Waals surface area contributed by atoms with E-state index < -0.39 is 0 Å². The molecule has 0 spiro atoms. The minimum absolute atomic E-state index is 0.0630. The number of nitrogens with two attached hydrogens (primary N) is 2. The summed E-state index contributed by atoms with van der Waals surface area (Å²) in [4.78, 5) is 22.7. The van der Waals surface area contributed by atoms with Crippen LogP contribution in [0.25, 0.3) is 0 Å². The molecular formula is C14H21N3O2. The molecule has 0 radical (unpaired) electrons. The summed E-state index contributed by atoms with van der Waals surface area (Å²) in [6.07, 6.45) is 1.91. The number of amides is 2. The van der Waals surface area contributed by atoms with E-state index in [0.29, 0.717) is 12.2 Å². The third kappa shape index (κ3) is 5.09. The van der Waals surface area contributed by atoms with E-state index >= 15 is 0 Å². The fourth-order valence-electron chi connectivity index (χ4n) is 1.86. The molecule has 1 aromatic rings. The van der Waals surface area contributed by atoms with Gasteiger partial charge in [-0.3, -0.25) is 9.59 Å².